The van der Waals surface area contributed by atoms with Gasteiger partial charge in [0, 0.05) is 22.8 Å². The summed E-state index contributed by atoms with van der Waals surface area (Å²) in [5.74, 6) is 0. The third-order valence-corrected chi connectivity index (χ3v) is 5.49. The minimum atomic E-state index is 0.190. The maximum Gasteiger partial charge on any atom is 0.0702 e. The van der Waals surface area contributed by atoms with Crippen LogP contribution in [-0.4, -0.2) is 18.2 Å². The van der Waals surface area contributed by atoms with Crippen molar-refractivity contribution in [1.29, 1.82) is 0 Å². The Labute approximate surface area is 124 Å². The Balaban J connectivity index is 1.71. The Morgan fingerprint density at radius 2 is 2.11 bits per heavy atom. The fraction of sp³-hybridized carbons (Fsp3) is 0.625. The smallest absolute Gasteiger partial charge is 0.0702 e. The number of benzene rings is 1. The Morgan fingerprint density at radius 1 is 1.32 bits per heavy atom. The maximum atomic E-state index is 6.10. The maximum absolute atomic E-state index is 6.10. The van der Waals surface area contributed by atoms with Crippen LogP contribution in [0.2, 0.25) is 0 Å². The van der Waals surface area contributed by atoms with Crippen molar-refractivity contribution in [3.63, 3.8) is 0 Å². The Hall–Kier alpha value is -0.540. The second kappa shape index (κ2) is 5.45. The predicted molar refractivity (Wildman–Crippen MR) is 82.7 cm³/mol. The van der Waals surface area contributed by atoms with E-state index in [0.717, 1.165) is 13.0 Å². The normalized spacial score (nSPS) is 25.7. The molecule has 1 aliphatic heterocycles. The van der Waals surface area contributed by atoms with Crippen molar-refractivity contribution in [3.8, 4) is 0 Å². The van der Waals surface area contributed by atoms with Gasteiger partial charge in [-0.05, 0) is 50.3 Å². The lowest BCUT2D eigenvalue weighted by Crippen LogP contribution is -2.42. The zero-order valence-electron chi connectivity index (χ0n) is 11.5. The summed E-state index contributed by atoms with van der Waals surface area (Å²) >= 11 is 3.61. The highest BCUT2D eigenvalue weighted by atomic mass is 79.9. The van der Waals surface area contributed by atoms with Crippen LogP contribution in [-0.2, 0) is 4.74 Å². The lowest BCUT2D eigenvalue weighted by Gasteiger charge is -2.39. The largest absolute Gasteiger partial charge is 0.382 e. The first-order valence-corrected chi connectivity index (χ1v) is 8.13. The monoisotopic (exact) mass is 323 g/mol. The molecule has 2 fully saturated rings. The van der Waals surface area contributed by atoms with E-state index in [1.54, 1.807) is 0 Å². The van der Waals surface area contributed by atoms with Gasteiger partial charge in [-0.25, -0.2) is 0 Å². The zero-order valence-corrected chi connectivity index (χ0v) is 13.1. The van der Waals surface area contributed by atoms with Crippen molar-refractivity contribution in [2.75, 3.05) is 11.9 Å². The van der Waals surface area contributed by atoms with Gasteiger partial charge in [-0.2, -0.15) is 0 Å². The van der Waals surface area contributed by atoms with E-state index < -0.39 is 0 Å². The number of anilines is 1. The number of ether oxygens (including phenoxy) is 1. The molecule has 19 heavy (non-hydrogen) atoms. The molecule has 3 rings (SSSR count). The SMILES string of the molecule is Cc1c(Br)cccc1NC1CCOC2(CCCC2)C1. The average Bonchev–Trinajstić information content (AvgIpc) is 2.83. The summed E-state index contributed by atoms with van der Waals surface area (Å²) in [6.45, 7) is 3.07. The Bertz CT molecular complexity index is 454. The first-order chi connectivity index (χ1) is 9.19. The van der Waals surface area contributed by atoms with Gasteiger partial charge in [0.1, 0.15) is 0 Å². The minimum Gasteiger partial charge on any atom is -0.382 e. The van der Waals surface area contributed by atoms with E-state index in [2.05, 4.69) is 46.4 Å². The lowest BCUT2D eigenvalue weighted by atomic mass is 9.88. The summed E-state index contributed by atoms with van der Waals surface area (Å²) in [7, 11) is 0. The molecule has 1 saturated carbocycles. The molecule has 0 bridgehead atoms. The van der Waals surface area contributed by atoms with E-state index in [9.17, 15) is 0 Å². The van der Waals surface area contributed by atoms with Crippen LogP contribution in [0.25, 0.3) is 0 Å². The molecule has 1 unspecified atom stereocenters. The average molecular weight is 324 g/mol. The van der Waals surface area contributed by atoms with E-state index in [4.69, 9.17) is 4.74 Å². The topological polar surface area (TPSA) is 21.3 Å². The quantitative estimate of drug-likeness (QED) is 0.854. The van der Waals surface area contributed by atoms with Crippen LogP contribution in [0.3, 0.4) is 0 Å². The second-order valence-corrected chi connectivity index (χ2v) is 6.84. The van der Waals surface area contributed by atoms with Crippen LogP contribution >= 0.6 is 15.9 Å². The lowest BCUT2D eigenvalue weighted by molar-refractivity contribution is -0.0767. The molecule has 1 heterocycles. The number of nitrogens with one attached hydrogen (secondary N) is 1. The van der Waals surface area contributed by atoms with Crippen molar-refractivity contribution in [2.45, 2.75) is 57.1 Å². The Kier molecular flexibility index (Phi) is 3.86. The summed E-state index contributed by atoms with van der Waals surface area (Å²) < 4.78 is 7.28. The van der Waals surface area contributed by atoms with Gasteiger partial charge in [0.25, 0.3) is 0 Å². The predicted octanol–water partition coefficient (Wildman–Crippen LogP) is 4.66. The van der Waals surface area contributed by atoms with Crippen molar-refractivity contribution >= 4 is 21.6 Å². The van der Waals surface area contributed by atoms with Gasteiger partial charge in [0.05, 0.1) is 5.60 Å². The molecular weight excluding hydrogens is 302 g/mol. The Morgan fingerprint density at radius 3 is 2.89 bits per heavy atom. The summed E-state index contributed by atoms with van der Waals surface area (Å²) in [6.07, 6.45) is 7.46. The van der Waals surface area contributed by atoms with Crippen LogP contribution in [0.5, 0.6) is 0 Å². The van der Waals surface area contributed by atoms with Gasteiger partial charge in [-0.15, -0.1) is 0 Å². The molecule has 0 aromatic heterocycles. The second-order valence-electron chi connectivity index (χ2n) is 5.99. The molecule has 3 heteroatoms. The molecule has 2 aliphatic rings. The van der Waals surface area contributed by atoms with Crippen LogP contribution in [0.4, 0.5) is 5.69 Å². The molecule has 1 saturated heterocycles. The van der Waals surface area contributed by atoms with Crippen LogP contribution < -0.4 is 5.32 Å². The fourth-order valence-electron chi connectivity index (χ4n) is 3.50. The molecule has 104 valence electrons. The summed E-state index contributed by atoms with van der Waals surface area (Å²) in [6, 6.07) is 6.93. The van der Waals surface area contributed by atoms with Crippen molar-refractivity contribution in [3.05, 3.63) is 28.2 Å². The molecule has 2 nitrogen and oxygen atoms in total. The van der Waals surface area contributed by atoms with Gasteiger partial charge >= 0.3 is 0 Å². The highest BCUT2D eigenvalue weighted by Gasteiger charge is 2.39. The van der Waals surface area contributed by atoms with Crippen molar-refractivity contribution in [1.82, 2.24) is 0 Å². The van der Waals surface area contributed by atoms with Crippen molar-refractivity contribution in [2.24, 2.45) is 0 Å². The van der Waals surface area contributed by atoms with Gasteiger partial charge in [0.2, 0.25) is 0 Å². The van der Waals surface area contributed by atoms with Crippen molar-refractivity contribution < 1.29 is 4.74 Å². The number of hydrogen-bond acceptors (Lipinski definition) is 2. The molecule has 1 atom stereocenters. The highest BCUT2D eigenvalue weighted by Crippen LogP contribution is 2.40. The van der Waals surface area contributed by atoms with E-state index in [1.165, 1.54) is 47.8 Å². The van der Waals surface area contributed by atoms with E-state index in [-0.39, 0.29) is 5.60 Å². The number of hydrogen-bond donors (Lipinski definition) is 1. The van der Waals surface area contributed by atoms with Gasteiger partial charge in [-0.3, -0.25) is 0 Å². The molecular formula is C16H22BrNO. The van der Waals surface area contributed by atoms with E-state index >= 15 is 0 Å². The molecule has 0 amide bonds. The van der Waals surface area contributed by atoms with Gasteiger partial charge < -0.3 is 10.1 Å². The standard InChI is InChI=1S/C16H22BrNO/c1-12-14(17)5-4-6-15(12)18-13-7-10-19-16(11-13)8-2-3-9-16/h4-6,13,18H,2-3,7-11H2,1H3. The third-order valence-electron chi connectivity index (χ3n) is 4.64. The fourth-order valence-corrected chi connectivity index (χ4v) is 3.87. The summed E-state index contributed by atoms with van der Waals surface area (Å²) in [5, 5.41) is 3.73. The summed E-state index contributed by atoms with van der Waals surface area (Å²) in [5.41, 5.74) is 2.75. The van der Waals surface area contributed by atoms with E-state index in [1.807, 2.05) is 0 Å². The molecule has 1 spiro atoms. The van der Waals surface area contributed by atoms with Crippen LogP contribution in [0.15, 0.2) is 22.7 Å². The zero-order chi connectivity index (χ0) is 13.3. The molecule has 1 aromatic rings. The number of rotatable bonds is 2. The number of halogens is 1. The third kappa shape index (κ3) is 2.82. The first kappa shape index (κ1) is 13.4. The van der Waals surface area contributed by atoms with Gasteiger partial charge in [-0.1, -0.05) is 34.8 Å². The molecule has 1 aliphatic carbocycles. The summed E-state index contributed by atoms with van der Waals surface area (Å²) in [4.78, 5) is 0. The first-order valence-electron chi connectivity index (χ1n) is 7.34. The van der Waals surface area contributed by atoms with Crippen LogP contribution in [0.1, 0.15) is 44.1 Å². The van der Waals surface area contributed by atoms with Gasteiger partial charge in [0.15, 0.2) is 0 Å². The van der Waals surface area contributed by atoms with E-state index in [0.29, 0.717) is 6.04 Å². The molecule has 1 N–H and O–H groups in total. The molecule has 0 radical (unpaired) electrons. The molecule has 1 aromatic carbocycles. The highest BCUT2D eigenvalue weighted by molar-refractivity contribution is 9.10. The van der Waals surface area contributed by atoms with Crippen LogP contribution in [0, 0.1) is 6.92 Å². The minimum absolute atomic E-state index is 0.190.